The van der Waals surface area contributed by atoms with Crippen LogP contribution in [0.4, 0.5) is 16.2 Å². The predicted molar refractivity (Wildman–Crippen MR) is 42.2 cm³/mol. The van der Waals surface area contributed by atoms with Crippen LogP contribution >= 0.6 is 0 Å². The van der Waals surface area contributed by atoms with E-state index in [4.69, 9.17) is 11.5 Å². The van der Waals surface area contributed by atoms with E-state index in [1.54, 1.807) is 24.3 Å². The average Bonchev–Trinajstić information content (AvgIpc) is 1.85. The molecule has 11 heavy (non-hydrogen) atoms. The van der Waals surface area contributed by atoms with Crippen LogP contribution in [0.1, 0.15) is 0 Å². The van der Waals surface area contributed by atoms with Crippen LogP contribution < -0.4 is 16.8 Å². The average molecular weight is 150 g/mol. The lowest BCUT2D eigenvalue weighted by atomic mass is 10.3. The smallest absolute Gasteiger partial charge is 0.338 e. The van der Waals surface area contributed by atoms with Crippen LogP contribution in [-0.2, 0) is 0 Å². The number of carbonyl (C=O) groups excluding carboxylic acids is 1. The van der Waals surface area contributed by atoms with Gasteiger partial charge >= 0.3 is 6.03 Å². The fourth-order valence-electron chi connectivity index (χ4n) is 0.722. The van der Waals surface area contributed by atoms with Gasteiger partial charge in [-0.3, -0.25) is 0 Å². The van der Waals surface area contributed by atoms with Crippen LogP contribution in [0.25, 0.3) is 0 Å². The molecule has 0 aromatic heterocycles. The normalized spacial score (nSPS) is 9.09. The molecule has 1 rings (SSSR count). The molecule has 0 spiro atoms. The molecule has 0 saturated heterocycles. The van der Waals surface area contributed by atoms with E-state index < -0.39 is 6.03 Å². The number of rotatable bonds is 1. The van der Waals surface area contributed by atoms with Crippen molar-refractivity contribution in [1.82, 2.24) is 5.32 Å². The first-order chi connectivity index (χ1) is 5.18. The fraction of sp³-hybridized carbons (Fsp3) is 0. The Bertz CT molecular complexity index is 272. The number of anilines is 1. The number of hydrogen-bond acceptors (Lipinski definition) is 2. The van der Waals surface area contributed by atoms with Crippen molar-refractivity contribution in [3.63, 3.8) is 0 Å². The number of benzene rings is 1. The predicted octanol–water partition coefficient (Wildman–Crippen LogP) is 0.583. The van der Waals surface area contributed by atoms with Gasteiger partial charge in [-0.1, -0.05) is 6.07 Å². The molecule has 0 aliphatic rings. The lowest BCUT2D eigenvalue weighted by Crippen LogP contribution is -2.18. The van der Waals surface area contributed by atoms with Gasteiger partial charge in [0.2, 0.25) is 0 Å². The Morgan fingerprint density at radius 1 is 1.45 bits per heavy atom. The highest BCUT2D eigenvalue weighted by atomic mass is 16.2. The molecule has 0 bridgehead atoms. The van der Waals surface area contributed by atoms with Crippen LogP contribution in [0.15, 0.2) is 24.3 Å². The van der Waals surface area contributed by atoms with Crippen molar-refractivity contribution in [2.24, 2.45) is 5.73 Å². The van der Waals surface area contributed by atoms with Crippen molar-refractivity contribution >= 4 is 17.4 Å². The summed E-state index contributed by atoms with van der Waals surface area (Å²) in [7, 11) is 0. The van der Waals surface area contributed by atoms with Gasteiger partial charge < -0.3 is 11.5 Å². The lowest BCUT2D eigenvalue weighted by Gasteiger charge is -1.97. The van der Waals surface area contributed by atoms with Crippen LogP contribution in [0.3, 0.4) is 0 Å². The van der Waals surface area contributed by atoms with E-state index in [2.05, 4.69) is 5.32 Å². The second-order valence-electron chi connectivity index (χ2n) is 2.05. The van der Waals surface area contributed by atoms with Gasteiger partial charge in [-0.2, -0.15) is 5.32 Å². The molecular weight excluding hydrogens is 142 g/mol. The molecule has 4 heteroatoms. The van der Waals surface area contributed by atoms with Crippen molar-refractivity contribution in [3.05, 3.63) is 24.3 Å². The molecule has 0 unspecified atom stereocenters. The van der Waals surface area contributed by atoms with Gasteiger partial charge in [0.25, 0.3) is 0 Å². The highest BCUT2D eigenvalue weighted by Crippen LogP contribution is 2.10. The Morgan fingerprint density at radius 2 is 2.18 bits per heavy atom. The SMILES string of the molecule is NC(=O)[N]c1cccc(N)c1. The monoisotopic (exact) mass is 150 g/mol. The zero-order valence-corrected chi connectivity index (χ0v) is 5.82. The van der Waals surface area contributed by atoms with Crippen LogP contribution in [0, 0.1) is 0 Å². The van der Waals surface area contributed by atoms with Crippen molar-refractivity contribution in [2.45, 2.75) is 0 Å². The van der Waals surface area contributed by atoms with Crippen LogP contribution in [-0.4, -0.2) is 6.03 Å². The topological polar surface area (TPSA) is 83.2 Å². The van der Waals surface area contributed by atoms with Gasteiger partial charge in [-0.15, -0.1) is 0 Å². The molecule has 1 radical (unpaired) electrons. The number of carbonyl (C=O) groups is 1. The number of amides is 2. The van der Waals surface area contributed by atoms with Crippen molar-refractivity contribution in [1.29, 1.82) is 0 Å². The summed E-state index contributed by atoms with van der Waals surface area (Å²) < 4.78 is 0. The minimum Gasteiger partial charge on any atom is -0.399 e. The third-order valence-corrected chi connectivity index (χ3v) is 1.11. The van der Waals surface area contributed by atoms with Crippen molar-refractivity contribution in [2.75, 3.05) is 5.73 Å². The summed E-state index contributed by atoms with van der Waals surface area (Å²) in [6.07, 6.45) is 0. The van der Waals surface area contributed by atoms with E-state index in [-0.39, 0.29) is 0 Å². The third kappa shape index (κ3) is 2.17. The van der Waals surface area contributed by atoms with Gasteiger partial charge in [0.1, 0.15) is 0 Å². The second-order valence-corrected chi connectivity index (χ2v) is 2.05. The molecule has 2 amide bonds. The summed E-state index contributed by atoms with van der Waals surface area (Å²) in [4.78, 5) is 10.3. The van der Waals surface area contributed by atoms with E-state index >= 15 is 0 Å². The zero-order valence-electron chi connectivity index (χ0n) is 5.82. The minimum absolute atomic E-state index is 0.484. The molecule has 1 aromatic carbocycles. The molecule has 57 valence electrons. The summed E-state index contributed by atoms with van der Waals surface area (Å²) in [5.74, 6) is 0. The highest BCUT2D eigenvalue weighted by Gasteiger charge is 1.97. The first-order valence-corrected chi connectivity index (χ1v) is 3.05. The number of urea groups is 1. The van der Waals surface area contributed by atoms with E-state index in [1.807, 2.05) is 0 Å². The molecule has 0 aliphatic carbocycles. The van der Waals surface area contributed by atoms with Gasteiger partial charge in [-0.25, -0.2) is 4.79 Å². The van der Waals surface area contributed by atoms with Crippen molar-refractivity contribution in [3.8, 4) is 0 Å². The summed E-state index contributed by atoms with van der Waals surface area (Å²) >= 11 is 0. The molecular formula is C7H8N3O. The van der Waals surface area contributed by atoms with Gasteiger partial charge in [-0.05, 0) is 18.2 Å². The summed E-state index contributed by atoms with van der Waals surface area (Å²) in [6.45, 7) is 0. The first-order valence-electron chi connectivity index (χ1n) is 3.05. The molecule has 1 aromatic rings. The number of nitrogen functional groups attached to an aromatic ring is 1. The number of hydrogen-bond donors (Lipinski definition) is 2. The molecule has 0 fully saturated rings. The molecule has 0 aliphatic heterocycles. The quantitative estimate of drug-likeness (QED) is 0.574. The van der Waals surface area contributed by atoms with E-state index in [9.17, 15) is 4.79 Å². The maximum atomic E-state index is 10.3. The van der Waals surface area contributed by atoms with Gasteiger partial charge in [0, 0.05) is 5.69 Å². The Kier molecular flexibility index (Phi) is 1.96. The first kappa shape index (κ1) is 7.40. The molecule has 4 N–H and O–H groups in total. The van der Waals surface area contributed by atoms with E-state index in [0.717, 1.165) is 0 Å². The highest BCUT2D eigenvalue weighted by molar-refractivity contribution is 5.77. The lowest BCUT2D eigenvalue weighted by molar-refractivity contribution is 0.252. The number of nitrogens with zero attached hydrogens (tertiary/aromatic N) is 1. The molecule has 0 heterocycles. The Labute approximate surface area is 64.2 Å². The summed E-state index contributed by atoms with van der Waals surface area (Å²) in [5.41, 5.74) is 11.3. The minimum atomic E-state index is -0.712. The number of primary amides is 1. The van der Waals surface area contributed by atoms with E-state index in [0.29, 0.717) is 11.4 Å². The standard InChI is InChI=1S/C7H8N3O/c8-5-2-1-3-6(4-5)10-7(9)11/h1-4H,8H2,(H2,9,11). The van der Waals surface area contributed by atoms with Crippen molar-refractivity contribution < 1.29 is 4.79 Å². The summed E-state index contributed by atoms with van der Waals surface area (Å²) in [6, 6.07) is 5.93. The Morgan fingerprint density at radius 3 is 2.73 bits per heavy atom. The second kappa shape index (κ2) is 2.92. The number of nitrogens with two attached hydrogens (primary N) is 2. The van der Waals surface area contributed by atoms with Crippen LogP contribution in [0.2, 0.25) is 0 Å². The van der Waals surface area contributed by atoms with Crippen LogP contribution in [0.5, 0.6) is 0 Å². The Balaban J connectivity index is 2.79. The molecule has 0 saturated carbocycles. The fourth-order valence-corrected chi connectivity index (χ4v) is 0.722. The van der Waals surface area contributed by atoms with E-state index in [1.165, 1.54) is 0 Å². The maximum Gasteiger partial charge on any atom is 0.338 e. The molecule has 4 nitrogen and oxygen atoms in total. The van der Waals surface area contributed by atoms with Gasteiger partial charge in [0.05, 0.1) is 5.69 Å². The summed E-state index contributed by atoms with van der Waals surface area (Å²) in [5, 5.41) is 3.48. The third-order valence-electron chi connectivity index (χ3n) is 1.11. The maximum absolute atomic E-state index is 10.3. The molecule has 0 atom stereocenters. The Hall–Kier alpha value is -1.71. The largest absolute Gasteiger partial charge is 0.399 e. The van der Waals surface area contributed by atoms with Gasteiger partial charge in [0.15, 0.2) is 0 Å². The zero-order chi connectivity index (χ0) is 8.27.